The van der Waals surface area contributed by atoms with Gasteiger partial charge in [0.1, 0.15) is 5.82 Å². The summed E-state index contributed by atoms with van der Waals surface area (Å²) in [4.78, 5) is 2.21. The van der Waals surface area contributed by atoms with Gasteiger partial charge in [0.25, 0.3) is 0 Å². The van der Waals surface area contributed by atoms with Crippen molar-refractivity contribution in [1.82, 2.24) is 0 Å². The Morgan fingerprint density at radius 1 is 1.38 bits per heavy atom. The first-order chi connectivity index (χ1) is 7.47. The summed E-state index contributed by atoms with van der Waals surface area (Å²) >= 11 is 0. The molecule has 3 heteroatoms. The molecule has 1 rings (SSSR count). The molecule has 90 valence electrons. The fourth-order valence-electron chi connectivity index (χ4n) is 1.83. The third-order valence-electron chi connectivity index (χ3n) is 2.71. The van der Waals surface area contributed by atoms with Crippen molar-refractivity contribution in [3.05, 3.63) is 23.5 Å². The van der Waals surface area contributed by atoms with Gasteiger partial charge in [0.2, 0.25) is 0 Å². The van der Waals surface area contributed by atoms with Crippen molar-refractivity contribution >= 4 is 11.4 Å². The van der Waals surface area contributed by atoms with E-state index in [-0.39, 0.29) is 5.82 Å². The highest BCUT2D eigenvalue weighted by Gasteiger charge is 2.14. The topological polar surface area (TPSA) is 29.3 Å². The molecule has 0 radical (unpaired) electrons. The molecule has 0 aliphatic rings. The Bertz CT molecular complexity index is 361. The van der Waals surface area contributed by atoms with Crippen LogP contribution in [0.4, 0.5) is 15.8 Å². The van der Waals surface area contributed by atoms with Crippen LogP contribution in [0.1, 0.15) is 32.8 Å². The third-order valence-corrected chi connectivity index (χ3v) is 2.71. The van der Waals surface area contributed by atoms with Crippen molar-refractivity contribution in [1.29, 1.82) is 0 Å². The van der Waals surface area contributed by atoms with Gasteiger partial charge in [0.05, 0.1) is 11.4 Å². The second kappa shape index (κ2) is 5.19. The number of hydrogen-bond donors (Lipinski definition) is 1. The van der Waals surface area contributed by atoms with E-state index in [1.54, 1.807) is 6.92 Å². The lowest BCUT2D eigenvalue weighted by atomic mass is 10.1. The maximum atomic E-state index is 13.3. The van der Waals surface area contributed by atoms with Gasteiger partial charge in [-0.15, -0.1) is 0 Å². The zero-order valence-corrected chi connectivity index (χ0v) is 10.5. The lowest BCUT2D eigenvalue weighted by Gasteiger charge is -2.30. The van der Waals surface area contributed by atoms with Crippen LogP contribution in [0.2, 0.25) is 0 Å². The molecule has 1 aromatic rings. The fourth-order valence-corrected chi connectivity index (χ4v) is 1.83. The first kappa shape index (κ1) is 12.8. The van der Waals surface area contributed by atoms with E-state index in [4.69, 9.17) is 5.73 Å². The highest BCUT2D eigenvalue weighted by molar-refractivity contribution is 5.69. The molecule has 0 saturated heterocycles. The van der Waals surface area contributed by atoms with Gasteiger partial charge in [-0.25, -0.2) is 4.39 Å². The molecule has 1 aromatic carbocycles. The smallest absolute Gasteiger partial charge is 0.128 e. The quantitative estimate of drug-likeness (QED) is 0.795. The van der Waals surface area contributed by atoms with Crippen molar-refractivity contribution in [2.24, 2.45) is 0 Å². The number of rotatable bonds is 4. The minimum Gasteiger partial charge on any atom is -0.397 e. The average molecular weight is 224 g/mol. The van der Waals surface area contributed by atoms with Crippen LogP contribution >= 0.6 is 0 Å². The molecule has 0 aliphatic heterocycles. The number of hydrogen-bond acceptors (Lipinski definition) is 2. The molecule has 0 bridgehead atoms. The average Bonchev–Trinajstić information content (AvgIpc) is 2.20. The van der Waals surface area contributed by atoms with Crippen molar-refractivity contribution in [2.75, 3.05) is 17.2 Å². The van der Waals surface area contributed by atoms with Crippen molar-refractivity contribution in [3.8, 4) is 0 Å². The van der Waals surface area contributed by atoms with Crippen LogP contribution in [0.5, 0.6) is 0 Å². The molecule has 0 saturated carbocycles. The van der Waals surface area contributed by atoms with Gasteiger partial charge in [-0.2, -0.15) is 0 Å². The molecular formula is C13H21FN2. The summed E-state index contributed by atoms with van der Waals surface area (Å²) in [6.45, 7) is 9.07. The van der Waals surface area contributed by atoms with Crippen LogP contribution in [-0.4, -0.2) is 12.6 Å². The van der Waals surface area contributed by atoms with Crippen LogP contribution in [0.15, 0.2) is 12.1 Å². The van der Waals surface area contributed by atoms with Crippen LogP contribution in [-0.2, 0) is 0 Å². The van der Waals surface area contributed by atoms with E-state index in [0.717, 1.165) is 18.7 Å². The second-order valence-electron chi connectivity index (χ2n) is 4.45. The van der Waals surface area contributed by atoms with E-state index in [0.29, 0.717) is 17.3 Å². The summed E-state index contributed by atoms with van der Waals surface area (Å²) in [5.41, 5.74) is 7.98. The van der Waals surface area contributed by atoms with E-state index in [1.165, 1.54) is 6.07 Å². The van der Waals surface area contributed by atoms with Crippen LogP contribution in [0.25, 0.3) is 0 Å². The predicted molar refractivity (Wildman–Crippen MR) is 68.3 cm³/mol. The number of benzene rings is 1. The van der Waals surface area contributed by atoms with E-state index in [2.05, 4.69) is 25.7 Å². The van der Waals surface area contributed by atoms with Gasteiger partial charge in [0.15, 0.2) is 0 Å². The minimum atomic E-state index is -0.235. The van der Waals surface area contributed by atoms with Gasteiger partial charge in [-0.3, -0.25) is 0 Å². The van der Waals surface area contributed by atoms with Crippen LogP contribution in [0, 0.1) is 12.7 Å². The van der Waals surface area contributed by atoms with Gasteiger partial charge < -0.3 is 10.6 Å². The number of nitrogens with two attached hydrogens (primary N) is 1. The Hall–Kier alpha value is -1.25. The maximum absolute atomic E-state index is 13.3. The second-order valence-corrected chi connectivity index (χ2v) is 4.45. The van der Waals surface area contributed by atoms with Crippen LogP contribution in [0.3, 0.4) is 0 Å². The van der Waals surface area contributed by atoms with E-state index in [1.807, 2.05) is 6.07 Å². The number of halogens is 1. The Morgan fingerprint density at radius 2 is 2.00 bits per heavy atom. The molecule has 2 N–H and O–H groups in total. The Balaban J connectivity index is 3.13. The SMILES string of the molecule is CCCN(c1cc(C)c(F)cc1N)C(C)C. The molecule has 0 aliphatic carbocycles. The van der Waals surface area contributed by atoms with Crippen molar-refractivity contribution < 1.29 is 4.39 Å². The van der Waals surface area contributed by atoms with Gasteiger partial charge >= 0.3 is 0 Å². The number of nitrogen functional groups attached to an aromatic ring is 1. The lowest BCUT2D eigenvalue weighted by Crippen LogP contribution is -2.32. The fraction of sp³-hybridized carbons (Fsp3) is 0.538. The zero-order chi connectivity index (χ0) is 12.3. The van der Waals surface area contributed by atoms with Crippen molar-refractivity contribution in [2.45, 2.75) is 40.2 Å². The number of nitrogens with zero attached hydrogens (tertiary/aromatic N) is 1. The maximum Gasteiger partial charge on any atom is 0.128 e. The Morgan fingerprint density at radius 3 is 2.50 bits per heavy atom. The van der Waals surface area contributed by atoms with Crippen LogP contribution < -0.4 is 10.6 Å². The first-order valence-corrected chi connectivity index (χ1v) is 5.79. The summed E-state index contributed by atoms with van der Waals surface area (Å²) in [5.74, 6) is -0.235. The Labute approximate surface area is 97.3 Å². The molecular weight excluding hydrogens is 203 g/mol. The summed E-state index contributed by atoms with van der Waals surface area (Å²) in [5, 5.41) is 0. The highest BCUT2D eigenvalue weighted by Crippen LogP contribution is 2.28. The van der Waals surface area contributed by atoms with E-state index in [9.17, 15) is 4.39 Å². The summed E-state index contributed by atoms with van der Waals surface area (Å²) < 4.78 is 13.3. The van der Waals surface area contributed by atoms with Gasteiger partial charge in [-0.1, -0.05) is 6.92 Å². The van der Waals surface area contributed by atoms with E-state index < -0.39 is 0 Å². The summed E-state index contributed by atoms with van der Waals surface area (Å²) in [6.07, 6.45) is 1.05. The molecule has 16 heavy (non-hydrogen) atoms. The van der Waals surface area contributed by atoms with Gasteiger partial charge in [0, 0.05) is 12.6 Å². The molecule has 2 nitrogen and oxygen atoms in total. The number of anilines is 2. The Kier molecular flexibility index (Phi) is 4.16. The summed E-state index contributed by atoms with van der Waals surface area (Å²) in [6, 6.07) is 3.61. The molecule has 0 aromatic heterocycles. The highest BCUT2D eigenvalue weighted by atomic mass is 19.1. The molecule has 0 atom stereocenters. The zero-order valence-electron chi connectivity index (χ0n) is 10.5. The minimum absolute atomic E-state index is 0.235. The lowest BCUT2D eigenvalue weighted by molar-refractivity contribution is 0.617. The first-order valence-electron chi connectivity index (χ1n) is 5.79. The standard InChI is InChI=1S/C13H21FN2/c1-5-6-16(9(2)3)13-7-10(4)11(14)8-12(13)15/h7-9H,5-6,15H2,1-4H3. The number of aryl methyl sites for hydroxylation is 1. The molecule has 0 heterocycles. The largest absolute Gasteiger partial charge is 0.397 e. The molecule has 0 spiro atoms. The monoisotopic (exact) mass is 224 g/mol. The third kappa shape index (κ3) is 2.65. The molecule has 0 amide bonds. The van der Waals surface area contributed by atoms with Gasteiger partial charge in [-0.05, 0) is 44.9 Å². The molecule has 0 fully saturated rings. The normalized spacial score (nSPS) is 10.9. The summed E-state index contributed by atoms with van der Waals surface area (Å²) in [7, 11) is 0. The van der Waals surface area contributed by atoms with E-state index >= 15 is 0 Å². The predicted octanol–water partition coefficient (Wildman–Crippen LogP) is 3.34. The molecule has 0 unspecified atom stereocenters. The van der Waals surface area contributed by atoms with Crippen molar-refractivity contribution in [3.63, 3.8) is 0 Å².